The highest BCUT2D eigenvalue weighted by atomic mass is 16.6. The molecule has 1 aromatic heterocycles. The summed E-state index contributed by atoms with van der Waals surface area (Å²) < 4.78 is 14.1. The summed E-state index contributed by atoms with van der Waals surface area (Å²) >= 11 is 0. The zero-order valence-corrected chi connectivity index (χ0v) is 23.0. The molecule has 0 bridgehead atoms. The largest absolute Gasteiger partial charge is 0.465 e. The van der Waals surface area contributed by atoms with Crippen LogP contribution in [0.25, 0.3) is 11.0 Å². The molecule has 0 aliphatic carbocycles. The maximum absolute atomic E-state index is 14.5. The fourth-order valence-corrected chi connectivity index (χ4v) is 6.91. The van der Waals surface area contributed by atoms with Crippen molar-refractivity contribution < 1.29 is 29.0 Å². The van der Waals surface area contributed by atoms with Gasteiger partial charge in [0.05, 0.1) is 36.3 Å². The van der Waals surface area contributed by atoms with Crippen LogP contribution in [0.15, 0.2) is 48.6 Å². The molecule has 212 valence electrons. The molecule has 11 heteroatoms. The SMILES string of the molecule is CC(C)[C@H](CO)N1C(=O)[C@@H]2[C@H]3C(=O)OCCC/C=C\[C@@]3(C)O[C@@]23C=CCN(Cn2nnc4ccccc42)C(=O)C13. The van der Waals surface area contributed by atoms with Gasteiger partial charge in [-0.05, 0) is 37.8 Å². The van der Waals surface area contributed by atoms with E-state index in [1.165, 1.54) is 4.90 Å². The van der Waals surface area contributed by atoms with Crippen molar-refractivity contribution in [2.24, 2.45) is 17.8 Å². The molecular formula is C29H35N5O6. The molecule has 11 nitrogen and oxygen atoms in total. The lowest BCUT2D eigenvalue weighted by molar-refractivity contribution is -0.162. The Morgan fingerprint density at radius 2 is 1.90 bits per heavy atom. The number of benzene rings is 1. The molecule has 2 saturated heterocycles. The van der Waals surface area contributed by atoms with Gasteiger partial charge in [0.2, 0.25) is 5.91 Å². The molecule has 0 radical (unpaired) electrons. The third-order valence-corrected chi connectivity index (χ3v) is 8.81. The molecule has 40 heavy (non-hydrogen) atoms. The lowest BCUT2D eigenvalue weighted by Crippen LogP contribution is -2.59. The van der Waals surface area contributed by atoms with E-state index in [0.717, 1.165) is 5.52 Å². The minimum atomic E-state index is -1.42. The summed E-state index contributed by atoms with van der Waals surface area (Å²) in [5.74, 6) is -3.33. The number of nitrogens with zero attached hydrogens (tertiary/aromatic N) is 5. The summed E-state index contributed by atoms with van der Waals surface area (Å²) in [5.41, 5.74) is -1.09. The van der Waals surface area contributed by atoms with Gasteiger partial charge in [-0.25, -0.2) is 4.68 Å². The number of hydrogen-bond donors (Lipinski definition) is 1. The maximum Gasteiger partial charge on any atom is 0.313 e. The zero-order valence-electron chi connectivity index (χ0n) is 23.0. The molecule has 2 aromatic rings. The van der Waals surface area contributed by atoms with Gasteiger partial charge in [-0.3, -0.25) is 14.4 Å². The number of cyclic esters (lactones) is 1. The van der Waals surface area contributed by atoms with E-state index in [1.54, 1.807) is 22.6 Å². The summed E-state index contributed by atoms with van der Waals surface area (Å²) in [6.45, 7) is 5.85. The van der Waals surface area contributed by atoms with Crippen molar-refractivity contribution in [1.82, 2.24) is 24.8 Å². The van der Waals surface area contributed by atoms with Crippen LogP contribution in [0.5, 0.6) is 0 Å². The Bertz CT molecular complexity index is 1400. The van der Waals surface area contributed by atoms with E-state index >= 15 is 0 Å². The Morgan fingerprint density at radius 1 is 1.10 bits per heavy atom. The monoisotopic (exact) mass is 549 g/mol. The van der Waals surface area contributed by atoms with Crippen molar-refractivity contribution in [3.63, 3.8) is 0 Å². The zero-order chi connectivity index (χ0) is 28.2. The van der Waals surface area contributed by atoms with E-state index in [1.807, 2.05) is 56.3 Å². The number of hydrogen-bond acceptors (Lipinski definition) is 8. The molecule has 4 aliphatic heterocycles. The second-order valence-electron chi connectivity index (χ2n) is 11.6. The van der Waals surface area contributed by atoms with Gasteiger partial charge < -0.3 is 24.4 Å². The van der Waals surface area contributed by atoms with E-state index in [4.69, 9.17) is 9.47 Å². The minimum absolute atomic E-state index is 0.108. The maximum atomic E-state index is 14.5. The first-order valence-electron chi connectivity index (χ1n) is 13.9. The predicted octanol–water partition coefficient (Wildman–Crippen LogP) is 1.67. The number of aliphatic hydroxyl groups is 1. The standard InChI is InChI=1S/C29H35N5O6/c1-18(2)21(16-35)34-24-26(37)32(17-33-20-11-6-5-10-19(20)30-31-33)14-9-13-29(24)22(25(34)36)23-27(38)39-15-8-4-7-12-28(23,3)40-29/h5-7,9-13,18,21-24,35H,4,8,14-17H2,1-3H3/b12-7-/t21-,22-,23-,24?,28+,29-/m0/s1. The van der Waals surface area contributed by atoms with Crippen LogP contribution in [-0.4, -0.2) is 90.7 Å². The van der Waals surface area contributed by atoms with Gasteiger partial charge in [0, 0.05) is 6.54 Å². The Hall–Kier alpha value is -3.57. The van der Waals surface area contributed by atoms with E-state index in [2.05, 4.69) is 10.3 Å². The van der Waals surface area contributed by atoms with Crippen LogP contribution in [0.4, 0.5) is 0 Å². The Morgan fingerprint density at radius 3 is 2.67 bits per heavy atom. The van der Waals surface area contributed by atoms with Gasteiger partial charge in [-0.1, -0.05) is 55.5 Å². The van der Waals surface area contributed by atoms with Crippen LogP contribution in [-0.2, 0) is 30.5 Å². The first-order chi connectivity index (χ1) is 19.2. The summed E-state index contributed by atoms with van der Waals surface area (Å²) in [5, 5.41) is 18.9. The van der Waals surface area contributed by atoms with Crippen molar-refractivity contribution in [2.75, 3.05) is 19.8 Å². The molecule has 4 aliphatic rings. The fraction of sp³-hybridized carbons (Fsp3) is 0.552. The number of likely N-dealkylation sites (tertiary alicyclic amines) is 1. The lowest BCUT2D eigenvalue weighted by Gasteiger charge is -2.41. The van der Waals surface area contributed by atoms with Crippen LogP contribution in [0.3, 0.4) is 0 Å². The van der Waals surface area contributed by atoms with Gasteiger partial charge in [0.1, 0.15) is 29.7 Å². The molecule has 1 N–H and O–H groups in total. The third-order valence-electron chi connectivity index (χ3n) is 8.81. The molecule has 1 aromatic carbocycles. The molecule has 2 amide bonds. The number of amides is 2. The number of allylic oxidation sites excluding steroid dienone is 1. The Kier molecular flexibility index (Phi) is 6.53. The van der Waals surface area contributed by atoms with E-state index in [0.29, 0.717) is 18.4 Å². The van der Waals surface area contributed by atoms with E-state index in [-0.39, 0.29) is 44.2 Å². The van der Waals surface area contributed by atoms with Crippen LogP contribution in [0.2, 0.25) is 0 Å². The van der Waals surface area contributed by atoms with E-state index < -0.39 is 41.1 Å². The summed E-state index contributed by atoms with van der Waals surface area (Å²) in [7, 11) is 0. The van der Waals surface area contributed by atoms with Crippen LogP contribution in [0, 0.1) is 17.8 Å². The van der Waals surface area contributed by atoms with E-state index in [9.17, 15) is 19.5 Å². The molecule has 2 fully saturated rings. The predicted molar refractivity (Wildman–Crippen MR) is 143 cm³/mol. The van der Waals surface area contributed by atoms with Crippen molar-refractivity contribution >= 4 is 28.8 Å². The van der Waals surface area contributed by atoms with Crippen molar-refractivity contribution in [3.05, 3.63) is 48.6 Å². The Labute approximate surface area is 232 Å². The number of carbonyl (C=O) groups excluding carboxylic acids is 3. The van der Waals surface area contributed by atoms with Crippen LogP contribution in [0.1, 0.15) is 33.6 Å². The molecule has 6 atom stereocenters. The number of aromatic nitrogens is 3. The number of aliphatic hydroxyl groups excluding tert-OH is 1. The highest BCUT2D eigenvalue weighted by molar-refractivity contribution is 5.99. The minimum Gasteiger partial charge on any atom is -0.465 e. The average molecular weight is 550 g/mol. The number of esters is 1. The third kappa shape index (κ3) is 3.89. The van der Waals surface area contributed by atoms with Gasteiger partial charge >= 0.3 is 5.97 Å². The van der Waals surface area contributed by atoms with Gasteiger partial charge in [0.25, 0.3) is 5.91 Å². The Balaban J connectivity index is 1.47. The van der Waals surface area contributed by atoms with Crippen LogP contribution < -0.4 is 0 Å². The quantitative estimate of drug-likeness (QED) is 0.441. The van der Waals surface area contributed by atoms with Crippen LogP contribution >= 0.6 is 0 Å². The topological polar surface area (TPSA) is 127 Å². The fourth-order valence-electron chi connectivity index (χ4n) is 6.91. The second kappa shape index (κ2) is 9.81. The first-order valence-corrected chi connectivity index (χ1v) is 13.9. The molecule has 0 saturated carbocycles. The second-order valence-corrected chi connectivity index (χ2v) is 11.6. The molecule has 1 spiro atoms. The van der Waals surface area contributed by atoms with Gasteiger partial charge in [0.15, 0.2) is 0 Å². The normalized spacial score (nSPS) is 33.6. The first kappa shape index (κ1) is 26.6. The van der Waals surface area contributed by atoms with Crippen molar-refractivity contribution in [2.45, 2.75) is 63.6 Å². The molecule has 1 unspecified atom stereocenters. The van der Waals surface area contributed by atoms with Gasteiger partial charge in [-0.2, -0.15) is 0 Å². The average Bonchev–Trinajstić information content (AvgIpc) is 3.49. The highest BCUT2D eigenvalue weighted by Gasteiger charge is 2.75. The highest BCUT2D eigenvalue weighted by Crippen LogP contribution is 2.57. The molecule has 5 heterocycles. The summed E-state index contributed by atoms with van der Waals surface area (Å²) in [6, 6.07) is 5.75. The summed E-state index contributed by atoms with van der Waals surface area (Å²) in [6.07, 6.45) is 8.80. The number of para-hydroxylation sites is 1. The summed E-state index contributed by atoms with van der Waals surface area (Å²) in [4.78, 5) is 45.6. The number of carbonyl (C=O) groups is 3. The van der Waals surface area contributed by atoms with Crippen molar-refractivity contribution in [3.8, 4) is 0 Å². The molecule has 6 rings (SSSR count). The number of fused-ring (bicyclic) bond motifs is 3. The number of rotatable bonds is 5. The smallest absolute Gasteiger partial charge is 0.313 e. The van der Waals surface area contributed by atoms with Gasteiger partial charge in [-0.15, -0.1) is 5.10 Å². The molecular weight excluding hydrogens is 514 g/mol. The van der Waals surface area contributed by atoms with Crippen molar-refractivity contribution in [1.29, 1.82) is 0 Å². The lowest BCUT2D eigenvalue weighted by atomic mass is 9.74. The number of ether oxygens (including phenoxy) is 2.